The molecule has 0 unspecified atom stereocenters. The molecule has 0 bridgehead atoms. The molecule has 3 aromatic rings. The van der Waals surface area contributed by atoms with Crippen LogP contribution >= 0.6 is 0 Å². The van der Waals surface area contributed by atoms with Gasteiger partial charge in [0.1, 0.15) is 17.4 Å². The molecule has 5 nitrogen and oxygen atoms in total. The summed E-state index contributed by atoms with van der Waals surface area (Å²) in [5.74, 6) is 0.509. The highest BCUT2D eigenvalue weighted by atomic mass is 16.4. The molecule has 3 aromatic heterocycles. The summed E-state index contributed by atoms with van der Waals surface area (Å²) < 4.78 is 7.69. The molecule has 0 fully saturated rings. The Morgan fingerprint density at radius 2 is 1.91 bits per heavy atom. The minimum Gasteiger partial charge on any atom is -0.463 e. The Balaban J connectivity index is 2.27. The maximum absolute atomic E-state index is 9.12. The Labute approximate surface area is 133 Å². The molecule has 0 atom stereocenters. The van der Waals surface area contributed by atoms with E-state index < -0.39 is 0 Å². The van der Waals surface area contributed by atoms with Crippen molar-refractivity contribution in [2.24, 2.45) is 5.16 Å². The molecule has 0 aliphatic carbocycles. The Bertz CT molecular complexity index is 969. The third kappa shape index (κ3) is 3.08. The molecule has 0 aromatic carbocycles. The predicted octanol–water partition coefficient (Wildman–Crippen LogP) is 3.63. The lowest BCUT2D eigenvalue weighted by Crippen LogP contribution is -1.98. The number of aromatic nitrogens is 2. The lowest BCUT2D eigenvalue weighted by Gasteiger charge is -2.02. The molecule has 0 aliphatic heterocycles. The predicted molar refractivity (Wildman–Crippen MR) is 87.3 cm³/mol. The van der Waals surface area contributed by atoms with Crippen molar-refractivity contribution in [1.82, 2.24) is 9.38 Å². The maximum Gasteiger partial charge on any atom is 0.154 e. The molecular formula is C18H17N3O2. The van der Waals surface area contributed by atoms with Gasteiger partial charge in [0.2, 0.25) is 0 Å². The zero-order valence-electron chi connectivity index (χ0n) is 13.0. The van der Waals surface area contributed by atoms with Crippen LogP contribution < -0.4 is 5.36 Å². The molecule has 1 N–H and O–H groups in total. The summed E-state index contributed by atoms with van der Waals surface area (Å²) in [6, 6.07) is 14.6. The van der Waals surface area contributed by atoms with Crippen molar-refractivity contribution in [3.05, 3.63) is 77.7 Å². The van der Waals surface area contributed by atoms with Crippen LogP contribution in [-0.2, 0) is 0 Å². The number of hydrogen-bond donors (Lipinski definition) is 1. The van der Waals surface area contributed by atoms with E-state index in [1.54, 1.807) is 36.9 Å². The first kappa shape index (κ1) is 14.8. The van der Waals surface area contributed by atoms with Crippen molar-refractivity contribution >= 4 is 5.52 Å². The topological polar surface area (TPSA) is 63.0 Å². The molecule has 0 radical (unpaired) electrons. The fourth-order valence-corrected chi connectivity index (χ4v) is 2.45. The Hall–Kier alpha value is -3.08. The summed E-state index contributed by atoms with van der Waals surface area (Å²) in [5, 5.41) is 12.8. The second-order valence-electron chi connectivity index (χ2n) is 5.22. The number of nitrogens with zero attached hydrogens (tertiary/aromatic N) is 3. The fraction of sp³-hybridized carbons (Fsp3) is 0.111. The van der Waals surface area contributed by atoms with E-state index in [0.29, 0.717) is 16.8 Å². The standard InChI is InChI=1S/C18H17N3O2/c1-13-9-14(2)21-12-19-16(11-17(13)21)18-10-15(20-22)7-5-3-4-6-8-23-18/h3-12,22H,1-2H3/b4-3?,7-5?,8-6?,18-10?,20-15-. The quantitative estimate of drug-likeness (QED) is 0.551. The van der Waals surface area contributed by atoms with Crippen LogP contribution in [0.1, 0.15) is 11.3 Å². The van der Waals surface area contributed by atoms with Gasteiger partial charge in [-0.25, -0.2) is 4.98 Å². The molecule has 116 valence electrons. The number of fused-ring (bicyclic) bond motifs is 1. The van der Waals surface area contributed by atoms with Crippen LogP contribution in [0.4, 0.5) is 0 Å². The lowest BCUT2D eigenvalue weighted by molar-refractivity contribution is 0.302. The fourth-order valence-electron chi connectivity index (χ4n) is 2.45. The van der Waals surface area contributed by atoms with Gasteiger partial charge in [0.25, 0.3) is 0 Å². The van der Waals surface area contributed by atoms with Gasteiger partial charge in [0.15, 0.2) is 5.76 Å². The van der Waals surface area contributed by atoms with Crippen molar-refractivity contribution in [3.8, 4) is 11.5 Å². The van der Waals surface area contributed by atoms with Crippen LogP contribution in [0.15, 0.2) is 70.7 Å². The monoisotopic (exact) mass is 307 g/mol. The highest BCUT2D eigenvalue weighted by Crippen LogP contribution is 2.21. The van der Waals surface area contributed by atoms with Crippen molar-refractivity contribution in [1.29, 1.82) is 0 Å². The normalized spacial score (nSPS) is 11.5. The first-order valence-corrected chi connectivity index (χ1v) is 7.24. The Morgan fingerprint density at radius 3 is 2.74 bits per heavy atom. The third-order valence-corrected chi connectivity index (χ3v) is 3.58. The van der Waals surface area contributed by atoms with Gasteiger partial charge in [-0.3, -0.25) is 0 Å². The first-order chi connectivity index (χ1) is 11.2. The highest BCUT2D eigenvalue weighted by molar-refractivity contribution is 5.65. The second kappa shape index (κ2) is 6.36. The van der Waals surface area contributed by atoms with Gasteiger partial charge in [-0.1, -0.05) is 23.4 Å². The average molecular weight is 307 g/mol. The summed E-state index contributed by atoms with van der Waals surface area (Å²) in [6.45, 7) is 4.10. The third-order valence-electron chi connectivity index (χ3n) is 3.58. The van der Waals surface area contributed by atoms with Crippen LogP contribution in [0.2, 0.25) is 0 Å². The van der Waals surface area contributed by atoms with E-state index in [1.807, 2.05) is 29.5 Å². The molecule has 3 rings (SSSR count). The van der Waals surface area contributed by atoms with Crippen molar-refractivity contribution in [3.63, 3.8) is 0 Å². The molecule has 0 aliphatic rings. The number of hydrogen-bond acceptors (Lipinski definition) is 4. The largest absolute Gasteiger partial charge is 0.463 e. The van der Waals surface area contributed by atoms with E-state index in [1.165, 1.54) is 5.56 Å². The molecule has 23 heavy (non-hydrogen) atoms. The smallest absolute Gasteiger partial charge is 0.154 e. The van der Waals surface area contributed by atoms with Gasteiger partial charge < -0.3 is 14.0 Å². The summed E-state index contributed by atoms with van der Waals surface area (Å²) in [4.78, 5) is 4.46. The summed E-state index contributed by atoms with van der Waals surface area (Å²) in [7, 11) is 0. The van der Waals surface area contributed by atoms with Crippen LogP contribution in [0, 0.1) is 13.8 Å². The molecule has 3 heterocycles. The first-order valence-electron chi connectivity index (χ1n) is 7.24. The molecule has 0 spiro atoms. The Morgan fingerprint density at radius 1 is 1.09 bits per heavy atom. The summed E-state index contributed by atoms with van der Waals surface area (Å²) in [6.07, 6.45) is 3.34. The summed E-state index contributed by atoms with van der Waals surface area (Å²) in [5.41, 5.74) is 4.03. The van der Waals surface area contributed by atoms with Gasteiger partial charge in [-0.15, -0.1) is 0 Å². The van der Waals surface area contributed by atoms with Crippen molar-refractivity contribution in [2.45, 2.75) is 13.8 Å². The van der Waals surface area contributed by atoms with E-state index in [2.05, 4.69) is 23.1 Å². The summed E-state index contributed by atoms with van der Waals surface area (Å²) >= 11 is 0. The molecule has 0 saturated carbocycles. The molecule has 0 amide bonds. The van der Waals surface area contributed by atoms with Crippen LogP contribution in [-0.4, -0.2) is 14.6 Å². The van der Waals surface area contributed by atoms with E-state index in [0.717, 1.165) is 11.2 Å². The maximum atomic E-state index is 9.12. The zero-order chi connectivity index (χ0) is 16.2. The van der Waals surface area contributed by atoms with Crippen LogP contribution in [0.3, 0.4) is 0 Å². The minimum absolute atomic E-state index is 0.380. The van der Waals surface area contributed by atoms with Crippen LogP contribution in [0.25, 0.3) is 17.0 Å². The molecule has 5 heteroatoms. The van der Waals surface area contributed by atoms with Crippen molar-refractivity contribution in [2.75, 3.05) is 0 Å². The van der Waals surface area contributed by atoms with Crippen LogP contribution in [0.5, 0.6) is 0 Å². The van der Waals surface area contributed by atoms with Gasteiger partial charge >= 0.3 is 0 Å². The second-order valence-corrected chi connectivity index (χ2v) is 5.22. The van der Waals surface area contributed by atoms with Gasteiger partial charge in [-0.05, 0) is 43.7 Å². The highest BCUT2D eigenvalue weighted by Gasteiger charge is 2.07. The minimum atomic E-state index is 0.380. The van der Waals surface area contributed by atoms with E-state index in [9.17, 15) is 0 Å². The van der Waals surface area contributed by atoms with E-state index >= 15 is 0 Å². The lowest BCUT2D eigenvalue weighted by atomic mass is 10.2. The average Bonchev–Trinajstić information content (AvgIpc) is 2.86. The SMILES string of the molecule is Cc1cc(C)n2cnc(-c3c/c(=N\O)cccccco3)cc12. The van der Waals surface area contributed by atoms with Crippen molar-refractivity contribution < 1.29 is 9.62 Å². The molecule has 0 saturated heterocycles. The number of rotatable bonds is 1. The molecular weight excluding hydrogens is 290 g/mol. The van der Waals surface area contributed by atoms with Gasteiger partial charge in [0.05, 0.1) is 11.8 Å². The van der Waals surface area contributed by atoms with E-state index in [-0.39, 0.29) is 0 Å². The zero-order valence-corrected chi connectivity index (χ0v) is 13.0. The van der Waals surface area contributed by atoms with Gasteiger partial charge in [0, 0.05) is 11.8 Å². The Kier molecular flexibility index (Phi) is 4.10. The number of aryl methyl sites for hydroxylation is 2. The van der Waals surface area contributed by atoms with E-state index in [4.69, 9.17) is 9.62 Å². The van der Waals surface area contributed by atoms with Gasteiger partial charge in [-0.2, -0.15) is 0 Å².